The van der Waals surface area contributed by atoms with E-state index < -0.39 is 12.0 Å². The number of amides is 1. The summed E-state index contributed by atoms with van der Waals surface area (Å²) >= 11 is 0. The quantitative estimate of drug-likeness (QED) is 0.321. The summed E-state index contributed by atoms with van der Waals surface area (Å²) in [4.78, 5) is 27.9. The van der Waals surface area contributed by atoms with Crippen LogP contribution in [0.3, 0.4) is 0 Å². The van der Waals surface area contributed by atoms with Crippen LogP contribution in [0.4, 0.5) is 17.4 Å². The zero-order valence-electron chi connectivity index (χ0n) is 18.5. The minimum atomic E-state index is -0.445. The molecule has 1 saturated heterocycles. The Hall–Kier alpha value is -3.96. The molecule has 1 unspecified atom stereocenters. The molecule has 1 fully saturated rings. The molecule has 0 radical (unpaired) electrons. The third-order valence-corrected chi connectivity index (χ3v) is 5.53. The molecule has 1 aliphatic heterocycles. The van der Waals surface area contributed by atoms with Crippen LogP contribution in [0.5, 0.6) is 0 Å². The average Bonchev–Trinajstić information content (AvgIpc) is 3.56. The van der Waals surface area contributed by atoms with Crippen LogP contribution in [0.25, 0.3) is 22.6 Å². The zero-order valence-corrected chi connectivity index (χ0v) is 18.5. The second-order valence-electron chi connectivity index (χ2n) is 8.07. The highest BCUT2D eigenvalue weighted by Gasteiger charge is 2.25. The van der Waals surface area contributed by atoms with Gasteiger partial charge in [0.1, 0.15) is 11.8 Å². The van der Waals surface area contributed by atoms with Gasteiger partial charge < -0.3 is 34.6 Å². The number of nitrogens with zero attached hydrogens (tertiary/aromatic N) is 4. The highest BCUT2D eigenvalue weighted by molar-refractivity contribution is 6.06. The molecule has 11 heteroatoms. The number of hydrogen-bond donors (Lipinski definition) is 4. The Labute approximate surface area is 194 Å². The smallest absolute Gasteiger partial charge is 0.295 e. The van der Waals surface area contributed by atoms with Gasteiger partial charge in [-0.25, -0.2) is 4.98 Å². The summed E-state index contributed by atoms with van der Waals surface area (Å²) in [5, 5.41) is 24.8. The molecule has 1 atom stereocenters. The number of aliphatic hydroxyl groups excluding tert-OH is 2. The normalized spacial score (nSPS) is 15.7. The van der Waals surface area contributed by atoms with E-state index in [0.29, 0.717) is 54.4 Å². The number of benzene rings is 1. The predicted molar refractivity (Wildman–Crippen MR) is 125 cm³/mol. The maximum atomic E-state index is 13.0. The molecule has 0 saturated carbocycles. The van der Waals surface area contributed by atoms with E-state index in [1.54, 1.807) is 18.3 Å². The highest BCUT2D eigenvalue weighted by atomic mass is 16.4. The van der Waals surface area contributed by atoms with Crippen LogP contribution in [0.1, 0.15) is 22.6 Å². The number of oxazole rings is 2. The van der Waals surface area contributed by atoms with Crippen LogP contribution in [0.2, 0.25) is 0 Å². The van der Waals surface area contributed by atoms with E-state index in [-0.39, 0.29) is 18.3 Å². The van der Waals surface area contributed by atoms with Crippen molar-refractivity contribution in [3.05, 3.63) is 48.1 Å². The van der Waals surface area contributed by atoms with Crippen LogP contribution < -0.4 is 15.5 Å². The topological polar surface area (TPSA) is 150 Å². The van der Waals surface area contributed by atoms with E-state index >= 15 is 0 Å². The lowest BCUT2D eigenvalue weighted by molar-refractivity contribution is 0.102. The molecule has 1 aromatic carbocycles. The predicted octanol–water partition coefficient (Wildman–Crippen LogP) is 2.41. The molecule has 0 bridgehead atoms. The van der Waals surface area contributed by atoms with E-state index in [4.69, 9.17) is 13.9 Å². The minimum Gasteiger partial charge on any atom is -0.444 e. The lowest BCUT2D eigenvalue weighted by Gasteiger charge is -2.21. The van der Waals surface area contributed by atoms with Crippen LogP contribution in [0, 0.1) is 6.92 Å². The van der Waals surface area contributed by atoms with Crippen molar-refractivity contribution in [1.82, 2.24) is 15.0 Å². The average molecular weight is 464 g/mol. The Morgan fingerprint density at radius 3 is 2.94 bits per heavy atom. The first kappa shape index (κ1) is 21.9. The molecule has 4 aromatic rings. The summed E-state index contributed by atoms with van der Waals surface area (Å²) in [5.41, 5.74) is 3.93. The molecule has 11 nitrogen and oxygen atoms in total. The van der Waals surface area contributed by atoms with E-state index in [1.807, 2.05) is 24.0 Å². The molecule has 1 aliphatic rings. The van der Waals surface area contributed by atoms with E-state index in [0.717, 1.165) is 11.3 Å². The Kier molecular flexibility index (Phi) is 5.86. The molecule has 1 amide bonds. The van der Waals surface area contributed by atoms with Gasteiger partial charge >= 0.3 is 0 Å². The van der Waals surface area contributed by atoms with Crippen molar-refractivity contribution in [3.63, 3.8) is 0 Å². The first-order chi connectivity index (χ1) is 16.5. The Balaban J connectivity index is 1.45. The van der Waals surface area contributed by atoms with Gasteiger partial charge in [0.05, 0.1) is 24.1 Å². The third kappa shape index (κ3) is 4.43. The number of fused-ring (bicyclic) bond motifs is 1. The number of aryl methyl sites for hydroxylation is 1. The Morgan fingerprint density at radius 1 is 1.29 bits per heavy atom. The molecule has 4 N–H and O–H groups in total. The molecule has 4 heterocycles. The number of carbonyl (C=O) groups is 1. The van der Waals surface area contributed by atoms with Crippen molar-refractivity contribution in [2.24, 2.45) is 0 Å². The number of pyridine rings is 1. The molecule has 5 rings (SSSR count). The van der Waals surface area contributed by atoms with Gasteiger partial charge in [-0.1, -0.05) is 0 Å². The van der Waals surface area contributed by atoms with Gasteiger partial charge in [-0.05, 0) is 31.5 Å². The van der Waals surface area contributed by atoms with Crippen molar-refractivity contribution < 1.29 is 23.8 Å². The summed E-state index contributed by atoms with van der Waals surface area (Å²) in [6.45, 7) is 3.18. The van der Waals surface area contributed by atoms with Gasteiger partial charge in [-0.3, -0.25) is 9.78 Å². The Morgan fingerprint density at radius 2 is 2.18 bits per heavy atom. The zero-order chi connectivity index (χ0) is 23.7. The second kappa shape index (κ2) is 9.12. The number of rotatable bonds is 7. The number of anilines is 3. The van der Waals surface area contributed by atoms with Crippen molar-refractivity contribution in [2.75, 3.05) is 41.8 Å². The number of hydrogen-bond acceptors (Lipinski definition) is 10. The number of aromatic nitrogens is 3. The van der Waals surface area contributed by atoms with Crippen LogP contribution in [0.15, 0.2) is 45.6 Å². The fourth-order valence-electron chi connectivity index (χ4n) is 3.90. The first-order valence-corrected chi connectivity index (χ1v) is 10.9. The first-order valence-electron chi connectivity index (χ1n) is 10.9. The van der Waals surface area contributed by atoms with Crippen molar-refractivity contribution in [1.29, 1.82) is 0 Å². The largest absolute Gasteiger partial charge is 0.444 e. The molecule has 0 aliphatic carbocycles. The fraction of sp³-hybridized carbons (Fsp3) is 0.304. The van der Waals surface area contributed by atoms with E-state index in [2.05, 4.69) is 25.6 Å². The molecular weight excluding hydrogens is 440 g/mol. The van der Waals surface area contributed by atoms with Gasteiger partial charge in [-0.2, -0.15) is 4.98 Å². The maximum absolute atomic E-state index is 13.0. The maximum Gasteiger partial charge on any atom is 0.295 e. The third-order valence-electron chi connectivity index (χ3n) is 5.53. The monoisotopic (exact) mass is 464 g/mol. The number of carbonyl (C=O) groups excluding carboxylic acids is 1. The lowest BCUT2D eigenvalue weighted by atomic mass is 10.2. The SMILES string of the molecule is Cc1cc(-c2nc(C(=O)Nc3cc4oc(NCCO)nc4cc3N3CCC(O)C3)co2)ccn1. The number of β-amino-alcohol motifs (C(OH)–C–C–N with tert-alkyl or cyclic N) is 1. The van der Waals surface area contributed by atoms with Crippen LogP contribution in [-0.2, 0) is 0 Å². The molecule has 0 spiro atoms. The van der Waals surface area contributed by atoms with Crippen molar-refractivity contribution in [3.8, 4) is 11.5 Å². The lowest BCUT2D eigenvalue weighted by Crippen LogP contribution is -2.23. The molecule has 3 aromatic heterocycles. The fourth-order valence-corrected chi connectivity index (χ4v) is 3.90. The van der Waals surface area contributed by atoms with Gasteiger partial charge in [0.15, 0.2) is 11.3 Å². The summed E-state index contributed by atoms with van der Waals surface area (Å²) in [7, 11) is 0. The minimum absolute atomic E-state index is 0.0598. The molecule has 176 valence electrons. The van der Waals surface area contributed by atoms with Crippen molar-refractivity contribution >= 4 is 34.4 Å². The van der Waals surface area contributed by atoms with E-state index in [1.165, 1.54) is 6.26 Å². The summed E-state index contributed by atoms with van der Waals surface area (Å²) in [6.07, 6.45) is 3.15. The number of aliphatic hydroxyl groups is 2. The molecule has 34 heavy (non-hydrogen) atoms. The highest BCUT2D eigenvalue weighted by Crippen LogP contribution is 2.35. The van der Waals surface area contributed by atoms with Gasteiger partial charge in [0.2, 0.25) is 5.89 Å². The van der Waals surface area contributed by atoms with Crippen LogP contribution >= 0.6 is 0 Å². The second-order valence-corrected chi connectivity index (χ2v) is 8.07. The van der Waals surface area contributed by atoms with Crippen molar-refractivity contribution in [2.45, 2.75) is 19.4 Å². The van der Waals surface area contributed by atoms with Gasteiger partial charge in [0.25, 0.3) is 11.9 Å². The number of nitrogens with one attached hydrogen (secondary N) is 2. The summed E-state index contributed by atoms with van der Waals surface area (Å²) in [5.74, 6) is -0.122. The summed E-state index contributed by atoms with van der Waals surface area (Å²) < 4.78 is 11.2. The standard InChI is InChI=1S/C23H24N6O5/c1-13-8-14(2-4-24-13)22-27-18(12-33-22)21(32)26-16-10-20-17(28-23(34-20)25-5-7-30)9-19(16)29-6-3-15(31)11-29/h2,4,8-10,12,15,30-31H,3,5-7,11H2,1H3,(H,25,28)(H,26,32). The van der Waals surface area contributed by atoms with Crippen LogP contribution in [-0.4, -0.2) is 63.4 Å². The Bertz CT molecular complexity index is 1330. The van der Waals surface area contributed by atoms with Gasteiger partial charge in [0, 0.05) is 43.2 Å². The van der Waals surface area contributed by atoms with E-state index in [9.17, 15) is 9.90 Å². The molecular formula is C23H24N6O5. The summed E-state index contributed by atoms with van der Waals surface area (Å²) in [6, 6.07) is 7.36. The van der Waals surface area contributed by atoms with Gasteiger partial charge in [-0.15, -0.1) is 0 Å².